The molecule has 5 rings (SSSR count). The Bertz CT molecular complexity index is 1750. The maximum Gasteiger partial charge on any atom is 0.435 e. The number of primary amides is 1. The molecule has 2 heterocycles. The molecule has 2 aromatic carbocycles. The molecule has 3 N–H and O–H groups in total. The molecule has 1 aliphatic carbocycles. The lowest BCUT2D eigenvalue weighted by atomic mass is 9.94. The zero-order valence-electron chi connectivity index (χ0n) is 23.0. The number of nitrogens with two attached hydrogens (primary N) is 1. The molecule has 13 heteroatoms. The topological polar surface area (TPSA) is 103 Å². The normalized spacial score (nSPS) is 15.1. The maximum atomic E-state index is 14.2. The van der Waals surface area contributed by atoms with Crippen LogP contribution < -0.4 is 11.1 Å². The Morgan fingerprint density at radius 3 is 2.50 bits per heavy atom. The molecular weight excluding hydrogens is 588 g/mol. The van der Waals surface area contributed by atoms with E-state index in [0.29, 0.717) is 23.6 Å². The van der Waals surface area contributed by atoms with E-state index < -0.39 is 65.2 Å². The maximum absolute atomic E-state index is 14.2. The first-order valence-electron chi connectivity index (χ1n) is 13.4. The van der Waals surface area contributed by atoms with Crippen LogP contribution in [0.5, 0.6) is 0 Å². The summed E-state index contributed by atoms with van der Waals surface area (Å²) in [6, 6.07) is 8.47. The second kappa shape index (κ2) is 12.0. The zero-order valence-corrected chi connectivity index (χ0v) is 23.0. The van der Waals surface area contributed by atoms with Gasteiger partial charge in [-0.1, -0.05) is 18.2 Å². The van der Waals surface area contributed by atoms with Gasteiger partial charge < -0.3 is 11.1 Å². The number of fused-ring (bicyclic) bond motifs is 1. The molecule has 0 aliphatic heterocycles. The van der Waals surface area contributed by atoms with Crippen molar-refractivity contribution >= 4 is 11.8 Å². The number of carbonyl (C=O) groups excluding carboxylic acids is 2. The number of aromatic nitrogens is 3. The first-order chi connectivity index (χ1) is 20.8. The van der Waals surface area contributed by atoms with Gasteiger partial charge in [0.1, 0.15) is 24.0 Å². The van der Waals surface area contributed by atoms with E-state index in [2.05, 4.69) is 22.0 Å². The summed E-state index contributed by atoms with van der Waals surface area (Å²) < 4.78 is 84.7. The number of pyridine rings is 1. The zero-order chi connectivity index (χ0) is 31.8. The van der Waals surface area contributed by atoms with Crippen molar-refractivity contribution in [2.24, 2.45) is 5.73 Å². The second-order valence-electron chi connectivity index (χ2n) is 10.3. The molecule has 0 fully saturated rings. The molecule has 228 valence electrons. The van der Waals surface area contributed by atoms with Gasteiger partial charge in [-0.15, -0.1) is 6.58 Å². The lowest BCUT2D eigenvalue weighted by molar-refractivity contribution is -0.142. The van der Waals surface area contributed by atoms with Gasteiger partial charge in [-0.3, -0.25) is 19.3 Å². The highest BCUT2D eigenvalue weighted by Gasteiger charge is 2.42. The summed E-state index contributed by atoms with van der Waals surface area (Å²) >= 11 is 0. The number of rotatable bonds is 9. The van der Waals surface area contributed by atoms with Gasteiger partial charge in [0.15, 0.2) is 5.69 Å². The molecule has 2 atom stereocenters. The smallest absolute Gasteiger partial charge is 0.366 e. The Morgan fingerprint density at radius 2 is 1.84 bits per heavy atom. The number of allylic oxidation sites excluding steroid dienone is 1. The minimum Gasteiger partial charge on any atom is -0.366 e. The number of benzene rings is 2. The molecule has 0 saturated carbocycles. The molecule has 7 nitrogen and oxygen atoms in total. The summed E-state index contributed by atoms with van der Waals surface area (Å²) in [6.45, 7) is 3.10. The highest BCUT2D eigenvalue weighted by atomic mass is 19.4. The van der Waals surface area contributed by atoms with Crippen LogP contribution in [0.4, 0.5) is 26.3 Å². The molecule has 2 amide bonds. The Labute approximate surface area is 247 Å². The van der Waals surface area contributed by atoms with E-state index in [-0.39, 0.29) is 35.4 Å². The van der Waals surface area contributed by atoms with E-state index in [0.717, 1.165) is 22.9 Å². The van der Waals surface area contributed by atoms with Crippen molar-refractivity contribution in [3.63, 3.8) is 0 Å². The van der Waals surface area contributed by atoms with Crippen molar-refractivity contribution in [2.45, 2.75) is 43.9 Å². The molecule has 4 aromatic rings. The predicted octanol–water partition coefficient (Wildman–Crippen LogP) is 5.80. The van der Waals surface area contributed by atoms with E-state index in [1.54, 1.807) is 12.1 Å². The highest BCUT2D eigenvalue weighted by Crippen LogP contribution is 2.41. The van der Waals surface area contributed by atoms with Gasteiger partial charge in [0.05, 0.1) is 17.3 Å². The van der Waals surface area contributed by atoms with Gasteiger partial charge >= 0.3 is 6.18 Å². The summed E-state index contributed by atoms with van der Waals surface area (Å²) in [4.78, 5) is 29.6. The van der Waals surface area contributed by atoms with Crippen molar-refractivity contribution in [2.75, 3.05) is 0 Å². The van der Waals surface area contributed by atoms with Gasteiger partial charge in [0.2, 0.25) is 5.91 Å². The van der Waals surface area contributed by atoms with Gasteiger partial charge in [-0.05, 0) is 60.7 Å². The molecule has 0 bridgehead atoms. The number of halogens is 6. The van der Waals surface area contributed by atoms with Crippen molar-refractivity contribution in [3.8, 4) is 11.1 Å². The Balaban J connectivity index is 1.54. The first kappa shape index (κ1) is 30.5. The first-order valence-corrected chi connectivity index (χ1v) is 13.4. The van der Waals surface area contributed by atoms with Gasteiger partial charge in [0.25, 0.3) is 5.91 Å². The fourth-order valence-electron chi connectivity index (χ4n) is 5.57. The average molecular weight is 614 g/mol. The number of carbonyl (C=O) groups is 2. The summed E-state index contributed by atoms with van der Waals surface area (Å²) in [5, 5.41) is 6.44. The summed E-state index contributed by atoms with van der Waals surface area (Å²) in [5.74, 6) is -4.79. The van der Waals surface area contributed by atoms with E-state index >= 15 is 0 Å². The number of hydrogen-bond donors (Lipinski definition) is 2. The van der Waals surface area contributed by atoms with Crippen LogP contribution >= 0.6 is 0 Å². The van der Waals surface area contributed by atoms with Crippen LogP contribution in [0.25, 0.3) is 11.1 Å². The predicted molar refractivity (Wildman–Crippen MR) is 148 cm³/mol. The number of nitrogens with zero attached hydrogens (tertiary/aromatic N) is 3. The SMILES string of the molecule is C=C[C@@H]1CCc2c(C(F)(F)F)nn(CC(=O)N[C@@H](Cc3cc(F)cc(F)c3)c3ncccc3-c3ccc(F)c(C(N)=O)c3)c21. The second-order valence-corrected chi connectivity index (χ2v) is 10.3. The molecular formula is C31H25F6N5O2. The standard InChI is InChI=1S/C31H25F6N5O2/c1-2-17-5-7-22-28(17)42(41-29(22)31(35,36)37)15-26(43)40-25(12-16-10-19(32)14-20(33)11-16)27-21(4-3-9-39-27)18-6-8-24(34)23(13-18)30(38)44/h2-4,6,8-11,13-14,17,25H,1,5,7,12,15H2,(H2,38,44)(H,40,43)/t17-,25+/m1/s1. The quantitative estimate of drug-likeness (QED) is 0.184. The van der Waals surface area contributed by atoms with Crippen molar-refractivity contribution in [1.82, 2.24) is 20.1 Å². The molecule has 0 radical (unpaired) electrons. The minimum absolute atomic E-state index is 0.00978. The van der Waals surface area contributed by atoms with E-state index in [1.165, 1.54) is 24.4 Å². The number of hydrogen-bond acceptors (Lipinski definition) is 4. The van der Waals surface area contributed by atoms with Crippen LogP contribution in [-0.2, 0) is 30.4 Å². The largest absolute Gasteiger partial charge is 0.435 e. The third-order valence-corrected chi connectivity index (χ3v) is 7.41. The number of nitrogens with one attached hydrogen (secondary N) is 1. The van der Waals surface area contributed by atoms with E-state index in [9.17, 15) is 35.9 Å². The summed E-state index contributed by atoms with van der Waals surface area (Å²) in [6.07, 6.45) is -1.50. The van der Waals surface area contributed by atoms with Crippen molar-refractivity contribution in [1.29, 1.82) is 0 Å². The van der Waals surface area contributed by atoms with Crippen LogP contribution in [-0.4, -0.2) is 26.6 Å². The van der Waals surface area contributed by atoms with Gasteiger partial charge in [0, 0.05) is 35.0 Å². The molecule has 0 unspecified atom stereocenters. The Morgan fingerprint density at radius 1 is 1.11 bits per heavy atom. The minimum atomic E-state index is -4.73. The lowest BCUT2D eigenvalue weighted by Gasteiger charge is -2.22. The summed E-state index contributed by atoms with van der Waals surface area (Å²) in [7, 11) is 0. The number of amides is 2. The lowest BCUT2D eigenvalue weighted by Crippen LogP contribution is -2.34. The monoisotopic (exact) mass is 613 g/mol. The van der Waals surface area contributed by atoms with Crippen LogP contribution in [0, 0.1) is 17.5 Å². The summed E-state index contributed by atoms with van der Waals surface area (Å²) in [5.41, 5.74) is 5.07. The Hall–Kier alpha value is -4.94. The molecule has 2 aromatic heterocycles. The molecule has 0 saturated heterocycles. The average Bonchev–Trinajstić information content (AvgIpc) is 3.53. The molecule has 1 aliphatic rings. The van der Waals surface area contributed by atoms with E-state index in [1.807, 2.05) is 0 Å². The van der Waals surface area contributed by atoms with Crippen LogP contribution in [0.2, 0.25) is 0 Å². The van der Waals surface area contributed by atoms with Crippen molar-refractivity contribution in [3.05, 3.63) is 119 Å². The van der Waals surface area contributed by atoms with Gasteiger partial charge in [-0.2, -0.15) is 18.3 Å². The third kappa shape index (κ3) is 6.21. The molecule has 44 heavy (non-hydrogen) atoms. The van der Waals surface area contributed by atoms with Crippen LogP contribution in [0.15, 0.2) is 67.4 Å². The van der Waals surface area contributed by atoms with E-state index in [4.69, 9.17) is 5.73 Å². The number of alkyl halides is 3. The Kier molecular flexibility index (Phi) is 8.31. The van der Waals surface area contributed by atoms with Crippen LogP contribution in [0.1, 0.15) is 56.9 Å². The highest BCUT2D eigenvalue weighted by molar-refractivity contribution is 5.94. The fourth-order valence-corrected chi connectivity index (χ4v) is 5.57. The van der Waals surface area contributed by atoms with Gasteiger partial charge in [-0.25, -0.2) is 13.2 Å². The third-order valence-electron chi connectivity index (χ3n) is 7.41. The van der Waals surface area contributed by atoms with Crippen molar-refractivity contribution < 1.29 is 35.9 Å². The van der Waals surface area contributed by atoms with Crippen LogP contribution in [0.3, 0.4) is 0 Å². The fraction of sp³-hybridized carbons (Fsp3) is 0.226. The molecule has 0 spiro atoms.